The number of nitrogens with one attached hydrogen (secondary N) is 2. The fourth-order valence-corrected chi connectivity index (χ4v) is 2.25. The summed E-state index contributed by atoms with van der Waals surface area (Å²) in [5.74, 6) is 1.49. The summed E-state index contributed by atoms with van der Waals surface area (Å²) in [5.41, 5.74) is 0.915. The molecule has 5 heteroatoms. The Kier molecular flexibility index (Phi) is 3.06. The van der Waals surface area contributed by atoms with Gasteiger partial charge in [-0.3, -0.25) is 4.79 Å². The molecule has 1 atom stereocenters. The minimum atomic E-state index is -0.302. The maximum absolute atomic E-state index is 11.9. The van der Waals surface area contributed by atoms with E-state index in [2.05, 4.69) is 10.6 Å². The first-order chi connectivity index (χ1) is 8.84. The predicted octanol–water partition coefficient (Wildman–Crippen LogP) is 0.608. The quantitative estimate of drug-likeness (QED) is 0.764. The van der Waals surface area contributed by atoms with Crippen LogP contribution in [0.3, 0.4) is 0 Å². The molecule has 0 bridgehead atoms. The van der Waals surface area contributed by atoms with Crippen LogP contribution in [0.1, 0.15) is 18.0 Å². The van der Waals surface area contributed by atoms with Gasteiger partial charge in [-0.25, -0.2) is 0 Å². The number of ether oxygens (including phenoxy) is 2. The van der Waals surface area contributed by atoms with Gasteiger partial charge < -0.3 is 20.1 Å². The third-order valence-electron chi connectivity index (χ3n) is 3.16. The summed E-state index contributed by atoms with van der Waals surface area (Å²) in [6, 6.07) is 5.36. The van der Waals surface area contributed by atoms with Gasteiger partial charge in [0.1, 0.15) is 19.3 Å². The Labute approximate surface area is 105 Å². The first kappa shape index (κ1) is 11.3. The number of carbonyl (C=O) groups is 1. The van der Waals surface area contributed by atoms with Crippen molar-refractivity contribution in [3.05, 3.63) is 23.8 Å². The van der Waals surface area contributed by atoms with Crippen LogP contribution < -0.4 is 20.1 Å². The second-order valence-electron chi connectivity index (χ2n) is 4.43. The van der Waals surface area contributed by atoms with Crippen LogP contribution in [0.15, 0.2) is 18.2 Å². The van der Waals surface area contributed by atoms with Gasteiger partial charge >= 0.3 is 0 Å². The van der Waals surface area contributed by atoms with Crippen LogP contribution in [0.4, 0.5) is 0 Å². The van der Waals surface area contributed by atoms with Crippen LogP contribution in [0, 0.1) is 0 Å². The van der Waals surface area contributed by atoms with E-state index >= 15 is 0 Å². The molecule has 0 radical (unpaired) electrons. The topological polar surface area (TPSA) is 59.6 Å². The molecule has 1 aromatic carbocycles. The van der Waals surface area contributed by atoms with Gasteiger partial charge in [0.25, 0.3) is 0 Å². The molecule has 3 rings (SSSR count). The van der Waals surface area contributed by atoms with E-state index in [9.17, 15) is 4.79 Å². The van der Waals surface area contributed by atoms with E-state index < -0.39 is 0 Å². The summed E-state index contributed by atoms with van der Waals surface area (Å²) < 4.78 is 11.0. The largest absolute Gasteiger partial charge is 0.486 e. The van der Waals surface area contributed by atoms with E-state index in [1.54, 1.807) is 0 Å². The summed E-state index contributed by atoms with van der Waals surface area (Å²) >= 11 is 0. The number of fused-ring (bicyclic) bond motifs is 1. The van der Waals surface area contributed by atoms with Gasteiger partial charge in [-0.15, -0.1) is 0 Å². The summed E-state index contributed by atoms with van der Waals surface area (Å²) in [5, 5.41) is 6.15. The van der Waals surface area contributed by atoms with Crippen LogP contribution in [-0.4, -0.2) is 32.2 Å². The summed E-state index contributed by atoms with van der Waals surface area (Å²) in [6.45, 7) is 2.69. The van der Waals surface area contributed by atoms with E-state index in [0.717, 1.165) is 36.6 Å². The van der Waals surface area contributed by atoms with E-state index in [4.69, 9.17) is 9.47 Å². The first-order valence-electron chi connectivity index (χ1n) is 6.25. The van der Waals surface area contributed by atoms with Crippen molar-refractivity contribution >= 4 is 5.91 Å². The maximum Gasteiger partial charge on any atom is 0.241 e. The van der Waals surface area contributed by atoms with Crippen LogP contribution in [-0.2, 0) is 4.79 Å². The molecule has 1 amide bonds. The molecule has 18 heavy (non-hydrogen) atoms. The molecule has 0 aliphatic carbocycles. The molecule has 2 heterocycles. The molecule has 1 aromatic rings. The fourth-order valence-electron chi connectivity index (χ4n) is 2.25. The highest BCUT2D eigenvalue weighted by Gasteiger charge is 2.23. The minimum Gasteiger partial charge on any atom is -0.486 e. The van der Waals surface area contributed by atoms with Gasteiger partial charge in [-0.05, 0) is 30.7 Å². The van der Waals surface area contributed by atoms with Crippen LogP contribution in [0.25, 0.3) is 0 Å². The first-order valence-corrected chi connectivity index (χ1v) is 6.25. The van der Waals surface area contributed by atoms with Crippen molar-refractivity contribution < 1.29 is 14.3 Å². The Morgan fingerprint density at radius 1 is 1.11 bits per heavy atom. The second-order valence-corrected chi connectivity index (χ2v) is 4.43. The molecule has 2 aliphatic heterocycles. The Bertz CT molecular complexity index is 462. The van der Waals surface area contributed by atoms with Crippen molar-refractivity contribution in [1.82, 2.24) is 10.6 Å². The molecule has 96 valence electrons. The lowest BCUT2D eigenvalue weighted by molar-refractivity contribution is -0.122. The van der Waals surface area contributed by atoms with Crippen LogP contribution >= 0.6 is 0 Å². The van der Waals surface area contributed by atoms with Crippen molar-refractivity contribution in [3.63, 3.8) is 0 Å². The number of hydrogen-bond donors (Lipinski definition) is 2. The van der Waals surface area contributed by atoms with E-state index in [-0.39, 0.29) is 11.9 Å². The third-order valence-corrected chi connectivity index (χ3v) is 3.16. The number of hydrogen-bond acceptors (Lipinski definition) is 4. The lowest BCUT2D eigenvalue weighted by Crippen LogP contribution is -2.33. The zero-order chi connectivity index (χ0) is 12.4. The normalized spacial score (nSPS) is 23.1. The van der Waals surface area contributed by atoms with E-state index in [0.29, 0.717) is 13.2 Å². The molecule has 1 saturated heterocycles. The van der Waals surface area contributed by atoms with Gasteiger partial charge in [0, 0.05) is 6.54 Å². The van der Waals surface area contributed by atoms with E-state index in [1.165, 1.54) is 0 Å². The van der Waals surface area contributed by atoms with Crippen LogP contribution in [0.5, 0.6) is 11.5 Å². The Morgan fingerprint density at radius 2 is 1.94 bits per heavy atom. The highest BCUT2D eigenvalue weighted by Crippen LogP contribution is 2.32. The minimum absolute atomic E-state index is 0.0178. The van der Waals surface area contributed by atoms with Gasteiger partial charge in [-0.2, -0.15) is 0 Å². The van der Waals surface area contributed by atoms with Crippen molar-refractivity contribution in [1.29, 1.82) is 0 Å². The molecular weight excluding hydrogens is 232 g/mol. The SMILES string of the molecule is O=C1NCCCNC1c1ccc2c(c1)OCCO2. The standard InChI is InChI=1S/C13H16N2O3/c16-13-12(14-4-1-5-15-13)9-2-3-10-11(8-9)18-7-6-17-10/h2-3,8,12,14H,1,4-7H2,(H,15,16). The highest BCUT2D eigenvalue weighted by atomic mass is 16.6. The Balaban J connectivity index is 1.88. The lowest BCUT2D eigenvalue weighted by atomic mass is 10.1. The predicted molar refractivity (Wildman–Crippen MR) is 65.8 cm³/mol. The molecule has 5 nitrogen and oxygen atoms in total. The number of benzene rings is 1. The monoisotopic (exact) mass is 248 g/mol. The summed E-state index contributed by atoms with van der Waals surface area (Å²) in [7, 11) is 0. The van der Waals surface area contributed by atoms with Gasteiger partial charge in [0.2, 0.25) is 5.91 Å². The van der Waals surface area contributed by atoms with Crippen molar-refractivity contribution in [2.45, 2.75) is 12.5 Å². The van der Waals surface area contributed by atoms with Crippen LogP contribution in [0.2, 0.25) is 0 Å². The van der Waals surface area contributed by atoms with Crippen molar-refractivity contribution in [2.75, 3.05) is 26.3 Å². The van der Waals surface area contributed by atoms with Crippen molar-refractivity contribution in [3.8, 4) is 11.5 Å². The lowest BCUT2D eigenvalue weighted by Gasteiger charge is -2.21. The summed E-state index contributed by atoms with van der Waals surface area (Å²) in [6.07, 6.45) is 0.951. The van der Waals surface area contributed by atoms with Gasteiger partial charge in [0.15, 0.2) is 11.5 Å². The zero-order valence-corrected chi connectivity index (χ0v) is 10.1. The average molecular weight is 248 g/mol. The zero-order valence-electron chi connectivity index (χ0n) is 10.1. The Morgan fingerprint density at radius 3 is 2.83 bits per heavy atom. The molecule has 1 unspecified atom stereocenters. The summed E-state index contributed by atoms with van der Waals surface area (Å²) in [4.78, 5) is 11.9. The molecule has 0 spiro atoms. The van der Waals surface area contributed by atoms with Crippen molar-refractivity contribution in [2.24, 2.45) is 0 Å². The van der Waals surface area contributed by atoms with Gasteiger partial charge in [0.05, 0.1) is 0 Å². The molecule has 1 fully saturated rings. The number of rotatable bonds is 1. The number of amides is 1. The average Bonchev–Trinajstić information content (AvgIpc) is 2.63. The fraction of sp³-hybridized carbons (Fsp3) is 0.462. The highest BCUT2D eigenvalue weighted by molar-refractivity contribution is 5.83. The number of carbonyl (C=O) groups excluding carboxylic acids is 1. The Hall–Kier alpha value is -1.75. The molecular formula is C13H16N2O3. The molecule has 2 N–H and O–H groups in total. The van der Waals surface area contributed by atoms with E-state index in [1.807, 2.05) is 18.2 Å². The smallest absolute Gasteiger partial charge is 0.241 e. The molecule has 0 aromatic heterocycles. The maximum atomic E-state index is 11.9. The van der Waals surface area contributed by atoms with Gasteiger partial charge in [-0.1, -0.05) is 6.07 Å². The molecule has 2 aliphatic rings. The third kappa shape index (κ3) is 2.13. The molecule has 0 saturated carbocycles. The second kappa shape index (κ2) is 4.86.